The minimum absolute atomic E-state index is 0.267. The predicted molar refractivity (Wildman–Crippen MR) is 90.9 cm³/mol. The summed E-state index contributed by atoms with van der Waals surface area (Å²) < 4.78 is 13.0. The second-order valence-corrected chi connectivity index (χ2v) is 5.29. The first-order valence-corrected chi connectivity index (χ1v) is 7.31. The molecule has 0 spiro atoms. The maximum Gasteiger partial charge on any atom is 0.229 e. The van der Waals surface area contributed by atoms with Crippen LogP contribution in [0.3, 0.4) is 0 Å². The van der Waals surface area contributed by atoms with Crippen molar-refractivity contribution in [1.29, 1.82) is 0 Å². The van der Waals surface area contributed by atoms with Gasteiger partial charge in [0.15, 0.2) is 0 Å². The summed E-state index contributed by atoms with van der Waals surface area (Å²) in [4.78, 5) is 8.86. The summed E-state index contributed by atoms with van der Waals surface area (Å²) in [6, 6.07) is 15.9. The average Bonchev–Trinajstić information content (AvgIpc) is 2.51. The third-order valence-electron chi connectivity index (χ3n) is 3.36. The molecular weight excluding hydrogens is 291 g/mol. The van der Waals surface area contributed by atoms with Gasteiger partial charge in [-0.3, -0.25) is 0 Å². The van der Waals surface area contributed by atoms with Crippen molar-refractivity contribution < 1.29 is 4.39 Å². The molecular formula is C18H17FN4. The Balaban J connectivity index is 1.84. The van der Waals surface area contributed by atoms with Crippen LogP contribution in [0.15, 0.2) is 54.6 Å². The van der Waals surface area contributed by atoms with Gasteiger partial charge in [-0.1, -0.05) is 18.2 Å². The maximum absolute atomic E-state index is 13.0. The standard InChI is InChI=1S/C18H17FN4/c1-12-5-3-4-6-16(12)22-18-20-13(2)11-17(23-18)21-15-9-7-14(19)8-10-15/h3-11H,1-2H3,(H2,20,21,22,23). The molecule has 0 unspecified atom stereocenters. The van der Waals surface area contributed by atoms with E-state index in [1.807, 2.05) is 44.2 Å². The van der Waals surface area contributed by atoms with E-state index in [0.717, 1.165) is 22.6 Å². The topological polar surface area (TPSA) is 49.8 Å². The molecule has 2 aromatic carbocycles. The molecule has 1 heterocycles. The Morgan fingerprint density at radius 3 is 2.35 bits per heavy atom. The van der Waals surface area contributed by atoms with E-state index in [1.165, 1.54) is 12.1 Å². The zero-order valence-corrected chi connectivity index (χ0v) is 13.0. The van der Waals surface area contributed by atoms with Gasteiger partial charge in [0.25, 0.3) is 0 Å². The van der Waals surface area contributed by atoms with Crippen molar-refractivity contribution in [3.05, 3.63) is 71.7 Å². The molecule has 0 aliphatic heterocycles. The summed E-state index contributed by atoms with van der Waals surface area (Å²) in [7, 11) is 0. The fraction of sp³-hybridized carbons (Fsp3) is 0.111. The SMILES string of the molecule is Cc1cc(Nc2ccc(F)cc2)nc(Nc2ccccc2C)n1. The first kappa shape index (κ1) is 15.0. The summed E-state index contributed by atoms with van der Waals surface area (Å²) >= 11 is 0. The predicted octanol–water partition coefficient (Wildman–Crippen LogP) is 4.72. The lowest BCUT2D eigenvalue weighted by Crippen LogP contribution is -2.03. The van der Waals surface area contributed by atoms with Crippen molar-refractivity contribution in [2.24, 2.45) is 0 Å². The number of aromatic nitrogens is 2. The highest BCUT2D eigenvalue weighted by Crippen LogP contribution is 2.21. The Bertz CT molecular complexity index is 816. The Kier molecular flexibility index (Phi) is 4.19. The fourth-order valence-corrected chi connectivity index (χ4v) is 2.20. The molecule has 0 fully saturated rings. The molecule has 0 aliphatic rings. The van der Waals surface area contributed by atoms with E-state index in [9.17, 15) is 4.39 Å². The number of nitrogens with zero attached hydrogens (tertiary/aromatic N) is 2. The number of para-hydroxylation sites is 1. The Morgan fingerprint density at radius 2 is 1.61 bits per heavy atom. The molecule has 0 saturated carbocycles. The number of rotatable bonds is 4. The molecule has 0 aliphatic carbocycles. The molecule has 3 rings (SSSR count). The highest BCUT2D eigenvalue weighted by atomic mass is 19.1. The molecule has 5 heteroatoms. The number of hydrogen-bond donors (Lipinski definition) is 2. The van der Waals surface area contributed by atoms with Crippen molar-refractivity contribution >= 4 is 23.1 Å². The molecule has 0 radical (unpaired) electrons. The van der Waals surface area contributed by atoms with Crippen molar-refractivity contribution in [2.45, 2.75) is 13.8 Å². The number of halogens is 1. The zero-order valence-electron chi connectivity index (χ0n) is 13.0. The second-order valence-electron chi connectivity index (χ2n) is 5.29. The molecule has 1 aromatic heterocycles. The first-order chi connectivity index (χ1) is 11.1. The Hall–Kier alpha value is -2.95. The molecule has 0 saturated heterocycles. The van der Waals surface area contributed by atoms with Crippen LogP contribution in [0.4, 0.5) is 27.5 Å². The van der Waals surface area contributed by atoms with E-state index in [0.29, 0.717) is 11.8 Å². The van der Waals surface area contributed by atoms with E-state index in [4.69, 9.17) is 0 Å². The van der Waals surface area contributed by atoms with Crippen LogP contribution in [-0.4, -0.2) is 9.97 Å². The molecule has 4 nitrogen and oxygen atoms in total. The van der Waals surface area contributed by atoms with E-state index in [2.05, 4.69) is 20.6 Å². The number of benzene rings is 2. The minimum Gasteiger partial charge on any atom is -0.340 e. The Morgan fingerprint density at radius 1 is 0.870 bits per heavy atom. The summed E-state index contributed by atoms with van der Waals surface area (Å²) in [6.45, 7) is 3.93. The van der Waals surface area contributed by atoms with Gasteiger partial charge in [0.1, 0.15) is 11.6 Å². The monoisotopic (exact) mass is 308 g/mol. The number of nitrogens with one attached hydrogen (secondary N) is 2. The van der Waals surface area contributed by atoms with Gasteiger partial charge in [0.2, 0.25) is 5.95 Å². The third-order valence-corrected chi connectivity index (χ3v) is 3.36. The van der Waals surface area contributed by atoms with Crippen molar-refractivity contribution in [3.8, 4) is 0 Å². The lowest BCUT2D eigenvalue weighted by molar-refractivity contribution is 0.628. The molecule has 3 aromatic rings. The molecule has 116 valence electrons. The quantitative estimate of drug-likeness (QED) is 0.732. The van der Waals surface area contributed by atoms with Crippen molar-refractivity contribution in [1.82, 2.24) is 9.97 Å². The van der Waals surface area contributed by atoms with Crippen molar-refractivity contribution in [3.63, 3.8) is 0 Å². The van der Waals surface area contributed by atoms with Gasteiger partial charge < -0.3 is 10.6 Å². The van der Waals surface area contributed by atoms with Crippen molar-refractivity contribution in [2.75, 3.05) is 10.6 Å². The van der Waals surface area contributed by atoms with Gasteiger partial charge in [-0.2, -0.15) is 4.98 Å². The normalized spacial score (nSPS) is 10.4. The molecule has 2 N–H and O–H groups in total. The van der Waals surface area contributed by atoms with Crippen LogP contribution in [0.1, 0.15) is 11.3 Å². The van der Waals surface area contributed by atoms with E-state index in [1.54, 1.807) is 12.1 Å². The lowest BCUT2D eigenvalue weighted by Gasteiger charge is -2.11. The molecule has 0 atom stereocenters. The van der Waals surface area contributed by atoms with Gasteiger partial charge in [-0.05, 0) is 49.7 Å². The molecule has 23 heavy (non-hydrogen) atoms. The van der Waals surface area contributed by atoms with Gasteiger partial charge in [-0.25, -0.2) is 9.37 Å². The Labute approximate surface area is 134 Å². The number of hydrogen-bond acceptors (Lipinski definition) is 4. The number of anilines is 4. The summed E-state index contributed by atoms with van der Waals surface area (Å²) in [5.41, 5.74) is 3.68. The molecule has 0 amide bonds. The van der Waals surface area contributed by atoms with Crippen LogP contribution in [-0.2, 0) is 0 Å². The van der Waals surface area contributed by atoms with E-state index in [-0.39, 0.29) is 5.82 Å². The minimum atomic E-state index is -0.267. The van der Waals surface area contributed by atoms with Crippen LogP contribution in [0, 0.1) is 19.7 Å². The van der Waals surface area contributed by atoms with Crippen LogP contribution in [0.2, 0.25) is 0 Å². The summed E-state index contributed by atoms with van der Waals surface area (Å²) in [5.74, 6) is 0.903. The van der Waals surface area contributed by atoms with Crippen LogP contribution in [0.25, 0.3) is 0 Å². The van der Waals surface area contributed by atoms with Crippen LogP contribution in [0.5, 0.6) is 0 Å². The van der Waals surface area contributed by atoms with Gasteiger partial charge in [0.05, 0.1) is 0 Å². The van der Waals surface area contributed by atoms with Gasteiger partial charge in [0, 0.05) is 23.1 Å². The van der Waals surface area contributed by atoms with Crippen LogP contribution < -0.4 is 10.6 Å². The van der Waals surface area contributed by atoms with E-state index >= 15 is 0 Å². The van der Waals surface area contributed by atoms with E-state index < -0.39 is 0 Å². The van der Waals surface area contributed by atoms with Gasteiger partial charge in [-0.15, -0.1) is 0 Å². The fourth-order valence-electron chi connectivity index (χ4n) is 2.20. The number of aryl methyl sites for hydroxylation is 2. The lowest BCUT2D eigenvalue weighted by atomic mass is 10.2. The summed E-state index contributed by atoms with van der Waals surface area (Å²) in [6.07, 6.45) is 0. The highest BCUT2D eigenvalue weighted by Gasteiger charge is 2.05. The largest absolute Gasteiger partial charge is 0.340 e. The third kappa shape index (κ3) is 3.83. The smallest absolute Gasteiger partial charge is 0.229 e. The summed E-state index contributed by atoms with van der Waals surface area (Å²) in [5, 5.41) is 6.38. The average molecular weight is 308 g/mol. The molecule has 0 bridgehead atoms. The zero-order chi connectivity index (χ0) is 16.2. The van der Waals surface area contributed by atoms with Crippen LogP contribution >= 0.6 is 0 Å². The second kappa shape index (κ2) is 6.44. The first-order valence-electron chi connectivity index (χ1n) is 7.31. The maximum atomic E-state index is 13.0. The highest BCUT2D eigenvalue weighted by molar-refractivity contribution is 5.61. The van der Waals surface area contributed by atoms with Gasteiger partial charge >= 0.3 is 0 Å².